The molecule has 0 amide bonds. The molecule has 0 aromatic heterocycles. The zero-order chi connectivity index (χ0) is 4.50. The van der Waals surface area contributed by atoms with Crippen LogP contribution in [0.15, 0.2) is 0 Å². The van der Waals surface area contributed by atoms with Crippen molar-refractivity contribution in [3.63, 3.8) is 0 Å². The Kier molecular flexibility index (Phi) is 26.9. The molecule has 0 bridgehead atoms. The van der Waals surface area contributed by atoms with E-state index in [-0.39, 0.29) is 91.7 Å². The Morgan fingerprint density at radius 2 is 1.12 bits per heavy atom. The molecule has 8 heavy (non-hydrogen) atoms. The predicted molar refractivity (Wildman–Crippen MR) is 15.7 cm³/mol. The molecule has 0 aliphatic rings. The maximum absolute atomic E-state index is 8.69. The van der Waals surface area contributed by atoms with Gasteiger partial charge in [-0.1, -0.05) is 0 Å². The van der Waals surface area contributed by atoms with E-state index >= 15 is 0 Å². The zero-order valence-electron chi connectivity index (χ0n) is 4.20. The van der Waals surface area contributed by atoms with E-state index in [0.29, 0.717) is 0 Å². The third-order valence-corrected chi connectivity index (χ3v) is 0. The van der Waals surface area contributed by atoms with Crippen LogP contribution in [0, 0.1) is 0 Å². The van der Waals surface area contributed by atoms with Crippen LogP contribution in [0.4, 0.5) is 0 Å². The maximum Gasteiger partial charge on any atom is 3.00 e. The average molecular weight is 270 g/mol. The molecule has 0 rings (SSSR count). The second-order valence-electron chi connectivity index (χ2n) is 0.524. The molecular formula is H2AlCsO5Si. The first-order chi connectivity index (χ1) is 2.00. The van der Waals surface area contributed by atoms with Gasteiger partial charge >= 0.3 is 86.3 Å². The Hall–Kier alpha value is 2.60. The standard InChI is InChI=1S/Al.Cs.HO4Si.H2O/c;;1-5(2,3)4;/h;;1H;1H2/q+3;+1;-3;/p-1. The third kappa shape index (κ3) is 73.4. The molecule has 0 saturated carbocycles. The molecule has 0 aromatic carbocycles. The average Bonchev–Trinajstić information content (AvgIpc) is 0.722. The van der Waals surface area contributed by atoms with Crippen molar-refractivity contribution in [2.45, 2.75) is 0 Å². The fraction of sp³-hybridized carbons (Fsp3) is 0. The van der Waals surface area contributed by atoms with Crippen LogP contribution >= 0.6 is 0 Å². The van der Waals surface area contributed by atoms with Crippen LogP contribution in [0.5, 0.6) is 0 Å². The van der Waals surface area contributed by atoms with Crippen molar-refractivity contribution in [3.05, 3.63) is 0 Å². The molecule has 2 N–H and O–H groups in total. The van der Waals surface area contributed by atoms with E-state index in [9.17, 15) is 0 Å². The molecule has 0 heterocycles. The Morgan fingerprint density at radius 3 is 1.12 bits per heavy atom. The zero-order valence-corrected chi connectivity index (χ0v) is 12.6. The smallest absolute Gasteiger partial charge is 0.870 e. The SMILES string of the molecule is [Al+3].[Cs+].[O-][Si]([O-])([O-])O.[OH-]. The molecule has 0 fully saturated rings. The summed E-state index contributed by atoms with van der Waals surface area (Å²) in [5.74, 6) is 0. The van der Waals surface area contributed by atoms with Gasteiger partial charge in [0.1, 0.15) is 0 Å². The Bertz CT molecular complexity index is 27.9. The van der Waals surface area contributed by atoms with Crippen LogP contribution < -0.4 is 83.3 Å². The van der Waals surface area contributed by atoms with Crippen LogP contribution in [-0.2, 0) is 0 Å². The topological polar surface area (TPSA) is 119 Å². The molecule has 0 unspecified atom stereocenters. The molecule has 0 saturated heterocycles. The van der Waals surface area contributed by atoms with Gasteiger partial charge in [-0.2, -0.15) is 0 Å². The maximum atomic E-state index is 8.69. The first-order valence-corrected chi connectivity index (χ1v) is 2.51. The van der Waals surface area contributed by atoms with Crippen LogP contribution in [0.25, 0.3) is 0 Å². The summed E-state index contributed by atoms with van der Waals surface area (Å²) in [4.78, 5) is 33.1. The monoisotopic (exact) mass is 270 g/mol. The molecular weight excluding hydrogens is 268 g/mol. The van der Waals surface area contributed by atoms with Gasteiger partial charge in [-0.05, 0) is 0 Å². The second kappa shape index (κ2) is 9.60. The van der Waals surface area contributed by atoms with E-state index in [0.717, 1.165) is 0 Å². The van der Waals surface area contributed by atoms with Crippen LogP contribution in [0.3, 0.4) is 0 Å². The summed E-state index contributed by atoms with van der Waals surface area (Å²) in [5, 5.41) is 0. The molecule has 0 spiro atoms. The van der Waals surface area contributed by atoms with E-state index in [4.69, 9.17) is 19.2 Å². The minimum atomic E-state index is -5.36. The van der Waals surface area contributed by atoms with E-state index in [1.807, 2.05) is 0 Å². The minimum absolute atomic E-state index is 0. The van der Waals surface area contributed by atoms with Crippen LogP contribution in [-0.4, -0.2) is 36.7 Å². The van der Waals surface area contributed by atoms with E-state index < -0.39 is 9.05 Å². The third-order valence-electron chi connectivity index (χ3n) is 0. The predicted octanol–water partition coefficient (Wildman–Crippen LogP) is -8.06. The normalized spacial score (nSPS) is 7.50. The van der Waals surface area contributed by atoms with Crippen LogP contribution in [0.1, 0.15) is 0 Å². The molecule has 0 radical (unpaired) electrons. The van der Waals surface area contributed by atoms with Crippen molar-refractivity contribution in [1.29, 1.82) is 0 Å². The number of rotatable bonds is 0. The van der Waals surface area contributed by atoms with Gasteiger partial charge in [-0.25, -0.2) is 0 Å². The number of hydrogen-bond donors (Lipinski definition) is 1. The summed E-state index contributed by atoms with van der Waals surface area (Å²) in [6.07, 6.45) is 0. The van der Waals surface area contributed by atoms with Crippen molar-refractivity contribution in [1.82, 2.24) is 0 Å². The van der Waals surface area contributed by atoms with E-state index in [2.05, 4.69) is 0 Å². The first-order valence-electron chi connectivity index (χ1n) is 0.836. The van der Waals surface area contributed by atoms with Gasteiger partial charge in [0.15, 0.2) is 0 Å². The fourth-order valence-corrected chi connectivity index (χ4v) is 0. The summed E-state index contributed by atoms with van der Waals surface area (Å²) < 4.78 is 0. The number of hydrogen-bond acceptors (Lipinski definition) is 5. The fourth-order valence-electron chi connectivity index (χ4n) is 0. The van der Waals surface area contributed by atoms with E-state index in [1.165, 1.54) is 0 Å². The first kappa shape index (κ1) is 22.4. The molecule has 8 heteroatoms. The van der Waals surface area contributed by atoms with Gasteiger partial charge in [0, 0.05) is 0 Å². The largest absolute Gasteiger partial charge is 3.00 e. The van der Waals surface area contributed by atoms with Gasteiger partial charge in [-0.3, -0.25) is 0 Å². The summed E-state index contributed by atoms with van der Waals surface area (Å²) in [5.41, 5.74) is 0. The Morgan fingerprint density at radius 1 is 1.12 bits per heavy atom. The van der Waals surface area contributed by atoms with Crippen molar-refractivity contribution in [3.8, 4) is 0 Å². The van der Waals surface area contributed by atoms with Gasteiger partial charge in [0.2, 0.25) is 0 Å². The van der Waals surface area contributed by atoms with Crippen molar-refractivity contribution in [2.24, 2.45) is 0 Å². The second-order valence-corrected chi connectivity index (χ2v) is 1.57. The van der Waals surface area contributed by atoms with Gasteiger partial charge in [0.05, 0.1) is 0 Å². The van der Waals surface area contributed by atoms with Crippen molar-refractivity contribution < 1.29 is 93.6 Å². The molecule has 40 valence electrons. The summed E-state index contributed by atoms with van der Waals surface area (Å²) in [6.45, 7) is 0. The molecule has 0 aromatic rings. The van der Waals surface area contributed by atoms with Crippen molar-refractivity contribution >= 4 is 26.4 Å². The molecule has 0 aliphatic carbocycles. The summed E-state index contributed by atoms with van der Waals surface area (Å²) in [7, 11) is -5.36. The molecule has 0 aliphatic heterocycles. The van der Waals surface area contributed by atoms with E-state index in [1.54, 1.807) is 0 Å². The Labute approximate surface area is 117 Å². The quantitative estimate of drug-likeness (QED) is 0.438. The molecule has 5 nitrogen and oxygen atoms in total. The minimum Gasteiger partial charge on any atom is -0.870 e. The van der Waals surface area contributed by atoms with Gasteiger partial charge in [-0.15, -0.1) is 9.05 Å². The summed E-state index contributed by atoms with van der Waals surface area (Å²) in [6, 6.07) is 0. The van der Waals surface area contributed by atoms with Crippen molar-refractivity contribution in [2.75, 3.05) is 0 Å². The van der Waals surface area contributed by atoms with Crippen LogP contribution in [0.2, 0.25) is 0 Å². The molecule has 0 atom stereocenters. The van der Waals surface area contributed by atoms with Gasteiger partial charge in [0.25, 0.3) is 0 Å². The Balaban J connectivity index is -0.0000000267. The van der Waals surface area contributed by atoms with Gasteiger partial charge < -0.3 is 24.7 Å². The summed E-state index contributed by atoms with van der Waals surface area (Å²) >= 11 is 0.